The van der Waals surface area contributed by atoms with Crippen LogP contribution in [0.2, 0.25) is 5.15 Å². The molecule has 4 heteroatoms. The summed E-state index contributed by atoms with van der Waals surface area (Å²) in [7, 11) is 0. The van der Waals surface area contributed by atoms with Crippen LogP contribution < -0.4 is 0 Å². The summed E-state index contributed by atoms with van der Waals surface area (Å²) in [4.78, 5) is 18.4. The number of pyridine rings is 1. The second-order valence-electron chi connectivity index (χ2n) is 4.78. The van der Waals surface area contributed by atoms with E-state index >= 15 is 0 Å². The predicted octanol–water partition coefficient (Wildman–Crippen LogP) is 3.53. The Bertz CT molecular complexity index is 422. The monoisotopic (exact) mass is 266 g/mol. The van der Waals surface area contributed by atoms with Crippen LogP contribution in [0.1, 0.15) is 49.4 Å². The van der Waals surface area contributed by atoms with E-state index in [1.165, 1.54) is 12.8 Å². The van der Waals surface area contributed by atoms with E-state index in [1.807, 2.05) is 4.90 Å². The Hall–Kier alpha value is -1.09. The first kappa shape index (κ1) is 13.3. The zero-order valence-electron chi connectivity index (χ0n) is 10.7. The molecule has 1 amide bonds. The average Bonchev–Trinajstić information content (AvgIpc) is 2.62. The topological polar surface area (TPSA) is 33.2 Å². The first-order valence-electron chi connectivity index (χ1n) is 6.65. The van der Waals surface area contributed by atoms with Crippen LogP contribution in [0.4, 0.5) is 0 Å². The lowest BCUT2D eigenvalue weighted by Gasteiger charge is -2.29. The maximum atomic E-state index is 12.5. The Morgan fingerprint density at radius 3 is 3.06 bits per heavy atom. The molecular formula is C14H19ClN2O. The Balaban J connectivity index is 2.19. The zero-order chi connectivity index (χ0) is 13.0. The van der Waals surface area contributed by atoms with E-state index in [2.05, 4.69) is 11.9 Å². The third-order valence-electron chi connectivity index (χ3n) is 3.58. The molecule has 1 aromatic rings. The normalized spacial score (nSPS) is 20.6. The van der Waals surface area contributed by atoms with E-state index in [9.17, 15) is 4.79 Å². The molecule has 0 N–H and O–H groups in total. The number of rotatable bonds is 2. The number of likely N-dealkylation sites (tertiary alicyclic amines) is 1. The molecule has 1 unspecified atom stereocenters. The zero-order valence-corrected chi connectivity index (χ0v) is 11.5. The summed E-state index contributed by atoms with van der Waals surface area (Å²) in [5, 5.41) is 0.378. The Morgan fingerprint density at radius 2 is 2.33 bits per heavy atom. The van der Waals surface area contributed by atoms with Crippen LogP contribution in [-0.2, 0) is 0 Å². The van der Waals surface area contributed by atoms with Crippen LogP contribution in [0.25, 0.3) is 0 Å². The van der Waals surface area contributed by atoms with Gasteiger partial charge in [-0.1, -0.05) is 31.4 Å². The SMILES string of the molecule is CCC1CCCCCN1C(=O)c1ccnc(Cl)c1. The van der Waals surface area contributed by atoms with Gasteiger partial charge in [-0.3, -0.25) is 4.79 Å². The van der Waals surface area contributed by atoms with Crippen LogP contribution in [0, 0.1) is 0 Å². The number of amides is 1. The van der Waals surface area contributed by atoms with Crippen molar-refractivity contribution in [3.63, 3.8) is 0 Å². The molecule has 2 rings (SSSR count). The summed E-state index contributed by atoms with van der Waals surface area (Å²) >= 11 is 5.85. The molecule has 0 radical (unpaired) electrons. The molecule has 0 spiro atoms. The summed E-state index contributed by atoms with van der Waals surface area (Å²) in [5.74, 6) is 0.0908. The van der Waals surface area contributed by atoms with Crippen molar-refractivity contribution in [2.45, 2.75) is 45.1 Å². The minimum Gasteiger partial charge on any atom is -0.336 e. The summed E-state index contributed by atoms with van der Waals surface area (Å²) < 4.78 is 0. The number of carbonyl (C=O) groups is 1. The van der Waals surface area contributed by atoms with Crippen molar-refractivity contribution in [1.82, 2.24) is 9.88 Å². The number of aromatic nitrogens is 1. The minimum atomic E-state index is 0.0908. The summed E-state index contributed by atoms with van der Waals surface area (Å²) in [6.45, 7) is 3.01. The highest BCUT2D eigenvalue weighted by molar-refractivity contribution is 6.29. The van der Waals surface area contributed by atoms with Gasteiger partial charge in [0.05, 0.1) is 0 Å². The van der Waals surface area contributed by atoms with Crippen LogP contribution >= 0.6 is 11.6 Å². The van der Waals surface area contributed by atoms with Gasteiger partial charge in [-0.2, -0.15) is 0 Å². The highest BCUT2D eigenvalue weighted by Gasteiger charge is 2.25. The lowest BCUT2D eigenvalue weighted by Crippen LogP contribution is -2.39. The van der Waals surface area contributed by atoms with Gasteiger partial charge in [0, 0.05) is 24.3 Å². The summed E-state index contributed by atoms with van der Waals surface area (Å²) in [6, 6.07) is 3.76. The van der Waals surface area contributed by atoms with Crippen LogP contribution in [0.15, 0.2) is 18.3 Å². The van der Waals surface area contributed by atoms with Gasteiger partial charge in [-0.15, -0.1) is 0 Å². The molecule has 0 aliphatic carbocycles. The smallest absolute Gasteiger partial charge is 0.254 e. The Labute approximate surface area is 113 Å². The largest absolute Gasteiger partial charge is 0.336 e. The van der Waals surface area contributed by atoms with Crippen molar-refractivity contribution in [2.75, 3.05) is 6.54 Å². The fraction of sp³-hybridized carbons (Fsp3) is 0.571. The molecule has 0 bridgehead atoms. The van der Waals surface area contributed by atoms with E-state index in [0.29, 0.717) is 16.8 Å². The molecule has 98 valence electrons. The van der Waals surface area contributed by atoms with E-state index < -0.39 is 0 Å². The molecule has 0 aromatic carbocycles. The molecule has 0 saturated carbocycles. The highest BCUT2D eigenvalue weighted by Crippen LogP contribution is 2.21. The van der Waals surface area contributed by atoms with Crippen molar-refractivity contribution < 1.29 is 4.79 Å². The van der Waals surface area contributed by atoms with Gasteiger partial charge >= 0.3 is 0 Å². The lowest BCUT2D eigenvalue weighted by atomic mass is 10.1. The Morgan fingerprint density at radius 1 is 1.50 bits per heavy atom. The van der Waals surface area contributed by atoms with Crippen LogP contribution in [-0.4, -0.2) is 28.4 Å². The number of carbonyl (C=O) groups excluding carboxylic acids is 1. The van der Waals surface area contributed by atoms with Gasteiger partial charge in [-0.25, -0.2) is 4.98 Å². The molecule has 18 heavy (non-hydrogen) atoms. The molecule has 1 aliphatic rings. The molecule has 1 aliphatic heterocycles. The first-order valence-corrected chi connectivity index (χ1v) is 7.02. The number of hydrogen-bond acceptors (Lipinski definition) is 2. The summed E-state index contributed by atoms with van der Waals surface area (Å²) in [6.07, 6.45) is 7.26. The van der Waals surface area contributed by atoms with Crippen molar-refractivity contribution in [1.29, 1.82) is 0 Å². The summed E-state index contributed by atoms with van der Waals surface area (Å²) in [5.41, 5.74) is 0.648. The van der Waals surface area contributed by atoms with Crippen LogP contribution in [0.3, 0.4) is 0 Å². The predicted molar refractivity (Wildman–Crippen MR) is 72.8 cm³/mol. The van der Waals surface area contributed by atoms with Gasteiger partial charge in [0.15, 0.2) is 0 Å². The second-order valence-corrected chi connectivity index (χ2v) is 5.16. The fourth-order valence-corrected chi connectivity index (χ4v) is 2.74. The number of halogens is 1. The molecule has 3 nitrogen and oxygen atoms in total. The van der Waals surface area contributed by atoms with Crippen LogP contribution in [0.5, 0.6) is 0 Å². The third-order valence-corrected chi connectivity index (χ3v) is 3.79. The number of nitrogens with zero attached hydrogens (tertiary/aromatic N) is 2. The van der Waals surface area contributed by atoms with Gasteiger partial charge in [0.1, 0.15) is 5.15 Å². The number of hydrogen-bond donors (Lipinski definition) is 0. The maximum Gasteiger partial charge on any atom is 0.254 e. The van der Waals surface area contributed by atoms with E-state index in [-0.39, 0.29) is 5.91 Å². The maximum absolute atomic E-state index is 12.5. The average molecular weight is 267 g/mol. The molecular weight excluding hydrogens is 248 g/mol. The van der Waals surface area contributed by atoms with Crippen molar-refractivity contribution in [3.05, 3.63) is 29.0 Å². The van der Waals surface area contributed by atoms with E-state index in [0.717, 1.165) is 25.8 Å². The minimum absolute atomic E-state index is 0.0908. The van der Waals surface area contributed by atoms with Gasteiger partial charge in [0.2, 0.25) is 0 Å². The van der Waals surface area contributed by atoms with E-state index in [4.69, 9.17) is 11.6 Å². The Kier molecular flexibility index (Phi) is 4.59. The second kappa shape index (κ2) is 6.19. The molecule has 1 aromatic heterocycles. The standard InChI is InChI=1S/C14H19ClN2O/c1-2-12-6-4-3-5-9-17(12)14(18)11-7-8-16-13(15)10-11/h7-8,10,12H,2-6,9H2,1H3. The van der Waals surface area contributed by atoms with Gasteiger partial charge < -0.3 is 4.90 Å². The molecule has 1 fully saturated rings. The molecule has 1 saturated heterocycles. The van der Waals surface area contributed by atoms with Crippen molar-refractivity contribution >= 4 is 17.5 Å². The lowest BCUT2D eigenvalue weighted by molar-refractivity contribution is 0.0678. The first-order chi connectivity index (χ1) is 8.72. The van der Waals surface area contributed by atoms with E-state index in [1.54, 1.807) is 18.3 Å². The van der Waals surface area contributed by atoms with Gasteiger partial charge in [-0.05, 0) is 31.4 Å². The molecule has 2 heterocycles. The highest BCUT2D eigenvalue weighted by atomic mass is 35.5. The molecule has 1 atom stereocenters. The quantitative estimate of drug-likeness (QED) is 0.768. The fourth-order valence-electron chi connectivity index (χ4n) is 2.57. The van der Waals surface area contributed by atoms with Crippen molar-refractivity contribution in [2.24, 2.45) is 0 Å². The third kappa shape index (κ3) is 3.02. The van der Waals surface area contributed by atoms with Gasteiger partial charge in [0.25, 0.3) is 5.91 Å². The van der Waals surface area contributed by atoms with Crippen molar-refractivity contribution in [3.8, 4) is 0 Å².